The van der Waals surface area contributed by atoms with Crippen molar-refractivity contribution in [1.29, 1.82) is 0 Å². The van der Waals surface area contributed by atoms with Gasteiger partial charge in [0.15, 0.2) is 23.0 Å². The predicted molar refractivity (Wildman–Crippen MR) is 272 cm³/mol. The van der Waals surface area contributed by atoms with E-state index < -0.39 is 28.7 Å². The maximum Gasteiger partial charge on any atom is 0.269 e. The average molecular weight is 990 g/mol. The summed E-state index contributed by atoms with van der Waals surface area (Å²) in [5.41, 5.74) is 18.6. The first kappa shape index (κ1) is 52.4. The Bertz CT molecular complexity index is 3290. The van der Waals surface area contributed by atoms with Gasteiger partial charge < -0.3 is 41.9 Å². The highest BCUT2D eigenvalue weighted by molar-refractivity contribution is 6.05. The van der Waals surface area contributed by atoms with E-state index in [-0.39, 0.29) is 35.5 Å². The quantitative estimate of drug-likeness (QED) is 0.122. The Balaban J connectivity index is 0.000000214. The number of benzene rings is 2. The van der Waals surface area contributed by atoms with E-state index in [1.807, 2.05) is 38.1 Å². The molecule has 0 spiro atoms. The zero-order chi connectivity index (χ0) is 52.8. The van der Waals surface area contributed by atoms with Crippen LogP contribution >= 0.6 is 0 Å². The summed E-state index contributed by atoms with van der Waals surface area (Å²) < 4.78 is 3.05. The number of amides is 6. The van der Waals surface area contributed by atoms with Crippen LogP contribution in [0.15, 0.2) is 73.1 Å². The van der Waals surface area contributed by atoms with Crippen molar-refractivity contribution in [3.05, 3.63) is 107 Å². The second-order valence-electron chi connectivity index (χ2n) is 18.5. The van der Waals surface area contributed by atoms with Crippen LogP contribution in [0.4, 0.5) is 0 Å². The maximum atomic E-state index is 12.4. The molecule has 7 N–H and O–H groups in total. The molecule has 20 nitrogen and oxygen atoms in total. The molecule has 378 valence electrons. The molecule has 2 aromatic carbocycles. The third kappa shape index (κ3) is 11.5. The number of aliphatic hydroxyl groups is 1. The number of hydrogen-bond donors (Lipinski definition) is 4. The number of nitrogens with zero attached hydrogens (tertiary/aromatic N) is 10. The number of nitrogens with two attached hydrogens (primary N) is 3. The fourth-order valence-corrected chi connectivity index (χ4v) is 8.53. The van der Waals surface area contributed by atoms with Crippen LogP contribution in [-0.4, -0.2) is 143 Å². The minimum absolute atomic E-state index is 0.0194. The van der Waals surface area contributed by atoms with E-state index in [0.29, 0.717) is 103 Å². The van der Waals surface area contributed by atoms with Crippen LogP contribution in [-0.2, 0) is 32.3 Å². The molecular weight excluding hydrogens is 931 g/mol. The smallest absolute Gasteiger partial charge is 0.269 e. The molecular formula is C53H59N13O7. The Morgan fingerprint density at radius 3 is 1.62 bits per heavy atom. The van der Waals surface area contributed by atoms with Crippen LogP contribution in [0.25, 0.3) is 33.4 Å². The minimum Gasteiger partial charge on any atom is -0.369 e. The number of rotatable bonds is 13. The monoisotopic (exact) mass is 989 g/mol. The summed E-state index contributed by atoms with van der Waals surface area (Å²) >= 11 is 0. The molecule has 2 fully saturated rings. The van der Waals surface area contributed by atoms with Crippen LogP contribution in [0.5, 0.6) is 0 Å². The molecule has 2 atom stereocenters. The molecule has 8 rings (SSSR count). The second kappa shape index (κ2) is 21.9. The summed E-state index contributed by atoms with van der Waals surface area (Å²) in [4.78, 5) is 88.7. The molecule has 6 amide bonds. The summed E-state index contributed by atoms with van der Waals surface area (Å²) in [7, 11) is 6.88. The highest BCUT2D eigenvalue weighted by Crippen LogP contribution is 2.30. The molecule has 2 saturated heterocycles. The first-order valence-electron chi connectivity index (χ1n) is 23.8. The first-order valence-corrected chi connectivity index (χ1v) is 23.8. The third-order valence-electron chi connectivity index (χ3n) is 12.8. The normalized spacial score (nSPS) is 17.2. The summed E-state index contributed by atoms with van der Waals surface area (Å²) in [5, 5.41) is 20.5. The Kier molecular flexibility index (Phi) is 15.7. The van der Waals surface area contributed by atoms with Crippen molar-refractivity contribution in [3.8, 4) is 35.3 Å². The van der Waals surface area contributed by atoms with Crippen molar-refractivity contribution >= 4 is 57.2 Å². The van der Waals surface area contributed by atoms with E-state index in [1.165, 1.54) is 15.8 Å². The summed E-state index contributed by atoms with van der Waals surface area (Å²) in [6, 6.07) is 17.8. The largest absolute Gasteiger partial charge is 0.369 e. The van der Waals surface area contributed by atoms with Gasteiger partial charge in [0.1, 0.15) is 5.41 Å². The van der Waals surface area contributed by atoms with Gasteiger partial charge in [-0.1, -0.05) is 42.7 Å². The van der Waals surface area contributed by atoms with Gasteiger partial charge in [-0.25, -0.2) is 19.3 Å². The van der Waals surface area contributed by atoms with Gasteiger partial charge in [-0.3, -0.25) is 28.8 Å². The van der Waals surface area contributed by atoms with Gasteiger partial charge in [-0.05, 0) is 92.4 Å². The number of likely N-dealkylation sites (tertiary alicyclic amines) is 2. The molecule has 6 aromatic rings. The molecule has 0 radical (unpaired) electrons. The fourth-order valence-electron chi connectivity index (χ4n) is 8.53. The van der Waals surface area contributed by atoms with Crippen LogP contribution in [0.1, 0.15) is 95.6 Å². The summed E-state index contributed by atoms with van der Waals surface area (Å²) in [6.07, 6.45) is 6.30. The molecule has 73 heavy (non-hydrogen) atoms. The van der Waals surface area contributed by atoms with Crippen molar-refractivity contribution in [3.63, 3.8) is 0 Å². The van der Waals surface area contributed by atoms with Crippen molar-refractivity contribution in [1.82, 2.24) is 49.1 Å². The third-order valence-corrected chi connectivity index (χ3v) is 12.8. The van der Waals surface area contributed by atoms with Gasteiger partial charge in [0, 0.05) is 108 Å². The van der Waals surface area contributed by atoms with Gasteiger partial charge in [0.25, 0.3) is 17.7 Å². The predicted octanol–water partition coefficient (Wildman–Crippen LogP) is 2.66. The van der Waals surface area contributed by atoms with Crippen LogP contribution in [0.2, 0.25) is 0 Å². The molecule has 0 saturated carbocycles. The highest BCUT2D eigenvalue weighted by atomic mass is 16.3. The molecule has 0 unspecified atom stereocenters. The Labute approximate surface area is 422 Å². The number of likely N-dealkylation sites (N-methyl/N-ethyl adjacent to an activating group) is 1. The first-order chi connectivity index (χ1) is 34.7. The number of aromatic nitrogens is 6. The van der Waals surface area contributed by atoms with Gasteiger partial charge in [0.2, 0.25) is 23.3 Å². The van der Waals surface area contributed by atoms with E-state index in [1.54, 1.807) is 90.2 Å². The average Bonchev–Trinajstić information content (AvgIpc) is 4.10. The number of carbonyl (C=O) groups excluding carboxylic acids is 6. The van der Waals surface area contributed by atoms with E-state index >= 15 is 0 Å². The number of carbonyl (C=O) groups is 6. The standard InChI is InChI=1S/C27H30N6O3.C26H29N7O4/c1-5-6-23(34)32(4)17-19-7-8-21-20(15-19)24(25(28)35)30-33(21)22-16-18(10-13-29-22)9-11-27(2)12-14-31(3)26(27)36;1-31-13-10-26(37,25(31)36)9-7-17-8-12-29-21(15-17)33-20-6-5-18(14-19(20)23(30-33)24(28)35)16-32(2)22(34)4-3-11-27/h7-8,10,13,15-16H,5-6,12,14,17H2,1-4H3,(H2,28,35);5-6,8,12,14-15,37H,3-4,10-11,13,16,27H2,1-2H3,(H2,28,35)/t27-;26-/m10/s1. The lowest BCUT2D eigenvalue weighted by Crippen LogP contribution is -2.37. The molecule has 0 aliphatic carbocycles. The van der Waals surface area contributed by atoms with E-state index in [2.05, 4.69) is 43.8 Å². The SMILES string of the molecule is CCCC(=O)N(C)Cc1ccc2c(c1)c(C(N)=O)nn2-c1cc(C#C[C@]2(C)CCN(C)C2=O)ccn1.CN(Cc1ccc2c(c1)c(C(N)=O)nn2-c1cc(C#C[C@]2(O)CCN(C)C2=O)ccn1)C(=O)CCCN. The minimum atomic E-state index is -1.72. The van der Waals surface area contributed by atoms with Crippen molar-refractivity contribution in [2.24, 2.45) is 22.6 Å². The van der Waals surface area contributed by atoms with E-state index in [4.69, 9.17) is 17.2 Å². The van der Waals surface area contributed by atoms with E-state index in [9.17, 15) is 33.9 Å². The van der Waals surface area contributed by atoms with Crippen molar-refractivity contribution in [2.45, 2.75) is 71.1 Å². The fraction of sp³-hybridized carbons (Fsp3) is 0.358. The van der Waals surface area contributed by atoms with E-state index in [0.717, 1.165) is 17.5 Å². The highest BCUT2D eigenvalue weighted by Gasteiger charge is 2.42. The van der Waals surface area contributed by atoms with Gasteiger partial charge >= 0.3 is 0 Å². The molecule has 6 heterocycles. The molecule has 20 heteroatoms. The second-order valence-corrected chi connectivity index (χ2v) is 18.5. The van der Waals surface area contributed by atoms with Crippen molar-refractivity contribution < 1.29 is 33.9 Å². The summed E-state index contributed by atoms with van der Waals surface area (Å²) in [5.74, 6) is 10.9. The summed E-state index contributed by atoms with van der Waals surface area (Å²) in [6.45, 7) is 6.15. The zero-order valence-corrected chi connectivity index (χ0v) is 41.8. The topological polar surface area (TPSA) is 275 Å². The number of primary amides is 2. The Hall–Kier alpha value is -8.46. The van der Waals surface area contributed by atoms with Crippen LogP contribution in [0, 0.1) is 29.1 Å². The molecule has 0 bridgehead atoms. The molecule has 2 aliphatic rings. The Morgan fingerprint density at radius 1 is 0.699 bits per heavy atom. The van der Waals surface area contributed by atoms with Gasteiger partial charge in [-0.15, -0.1) is 0 Å². The van der Waals surface area contributed by atoms with Gasteiger partial charge in [-0.2, -0.15) is 10.2 Å². The van der Waals surface area contributed by atoms with Gasteiger partial charge in [0.05, 0.1) is 11.0 Å². The molecule has 2 aliphatic heterocycles. The maximum absolute atomic E-state index is 12.4. The number of pyridine rings is 2. The zero-order valence-electron chi connectivity index (χ0n) is 41.8. The number of fused-ring (bicyclic) bond motifs is 2. The van der Waals surface area contributed by atoms with Crippen LogP contribution in [0.3, 0.4) is 0 Å². The lowest BCUT2D eigenvalue weighted by Gasteiger charge is -2.17. The lowest BCUT2D eigenvalue weighted by atomic mass is 9.89. The Morgan fingerprint density at radius 2 is 1.18 bits per heavy atom. The number of hydrogen-bond acceptors (Lipinski definition) is 12. The van der Waals surface area contributed by atoms with Crippen LogP contribution < -0.4 is 17.2 Å². The van der Waals surface area contributed by atoms with Crippen molar-refractivity contribution in [2.75, 3.05) is 47.8 Å². The lowest BCUT2D eigenvalue weighted by molar-refractivity contribution is -0.137. The molecule has 4 aromatic heterocycles.